The average Bonchev–Trinajstić information content (AvgIpc) is 2.39. The van der Waals surface area contributed by atoms with Crippen LogP contribution in [0.4, 0.5) is 0 Å². The summed E-state index contributed by atoms with van der Waals surface area (Å²) in [6.07, 6.45) is 2.75. The van der Waals surface area contributed by atoms with Gasteiger partial charge in [-0.25, -0.2) is 0 Å². The molecule has 0 bridgehead atoms. The number of thioether (sulfide) groups is 1. The molecule has 2 heteroatoms. The lowest BCUT2D eigenvalue weighted by Crippen LogP contribution is -2.20. The molecule has 64 valence electrons. The summed E-state index contributed by atoms with van der Waals surface area (Å²) in [6.45, 7) is 4.65. The minimum absolute atomic E-state index is 0.431. The fraction of sp³-hybridized carbons (Fsp3) is 1.00. The van der Waals surface area contributed by atoms with E-state index in [2.05, 4.69) is 25.6 Å². The van der Waals surface area contributed by atoms with Gasteiger partial charge in [0.1, 0.15) is 0 Å². The van der Waals surface area contributed by atoms with Crippen molar-refractivity contribution in [3.8, 4) is 0 Å². The molecule has 1 aliphatic heterocycles. The molecule has 11 heavy (non-hydrogen) atoms. The first-order chi connectivity index (χ1) is 5.11. The molecule has 2 N–H and O–H groups in total. The molecule has 0 aromatic carbocycles. The van der Waals surface area contributed by atoms with Crippen LogP contribution in [0, 0.1) is 10.8 Å². The van der Waals surface area contributed by atoms with Crippen LogP contribution in [-0.2, 0) is 0 Å². The summed E-state index contributed by atoms with van der Waals surface area (Å²) in [5, 5.41) is 0. The maximum atomic E-state index is 6.10. The largest absolute Gasteiger partial charge is 0.327 e. The van der Waals surface area contributed by atoms with Crippen LogP contribution in [-0.4, -0.2) is 17.5 Å². The monoisotopic (exact) mass is 171 g/mol. The van der Waals surface area contributed by atoms with Gasteiger partial charge in [-0.15, -0.1) is 0 Å². The fourth-order valence-corrected chi connectivity index (χ4v) is 4.11. The molecule has 0 aromatic heterocycles. The van der Waals surface area contributed by atoms with Crippen molar-refractivity contribution < 1.29 is 0 Å². The van der Waals surface area contributed by atoms with E-state index in [9.17, 15) is 0 Å². The lowest BCUT2D eigenvalue weighted by Gasteiger charge is -2.24. The number of hydrogen-bond donors (Lipinski definition) is 1. The van der Waals surface area contributed by atoms with Gasteiger partial charge in [0, 0.05) is 17.2 Å². The van der Waals surface area contributed by atoms with Crippen molar-refractivity contribution in [2.24, 2.45) is 16.6 Å². The Bertz CT molecular complexity index is 170. The number of hydrogen-bond acceptors (Lipinski definition) is 2. The Labute approximate surface area is 73.1 Å². The Balaban J connectivity index is 2.13. The molecular formula is C9H17NS. The Morgan fingerprint density at radius 2 is 2.09 bits per heavy atom. The molecule has 2 unspecified atom stereocenters. The fourth-order valence-electron chi connectivity index (χ4n) is 2.56. The molecule has 1 aliphatic carbocycles. The second-order valence-electron chi connectivity index (χ2n) is 4.51. The van der Waals surface area contributed by atoms with Gasteiger partial charge in [-0.2, -0.15) is 11.8 Å². The minimum Gasteiger partial charge on any atom is -0.327 e. The Kier molecular flexibility index (Phi) is 1.56. The van der Waals surface area contributed by atoms with Crippen LogP contribution in [0.5, 0.6) is 0 Å². The van der Waals surface area contributed by atoms with Crippen LogP contribution in [0.1, 0.15) is 26.7 Å². The molecule has 0 radical (unpaired) electrons. The molecule has 2 rings (SSSR count). The summed E-state index contributed by atoms with van der Waals surface area (Å²) in [7, 11) is 0. The molecule has 2 fully saturated rings. The zero-order valence-corrected chi connectivity index (χ0v) is 8.21. The van der Waals surface area contributed by atoms with Crippen molar-refractivity contribution in [1.29, 1.82) is 0 Å². The van der Waals surface area contributed by atoms with Gasteiger partial charge in [0.2, 0.25) is 0 Å². The predicted molar refractivity (Wildman–Crippen MR) is 50.7 cm³/mol. The zero-order chi connectivity index (χ0) is 8.11. The highest BCUT2D eigenvalue weighted by molar-refractivity contribution is 7.99. The van der Waals surface area contributed by atoms with Crippen LogP contribution in [0.25, 0.3) is 0 Å². The van der Waals surface area contributed by atoms with Gasteiger partial charge in [0.05, 0.1) is 0 Å². The van der Waals surface area contributed by atoms with Gasteiger partial charge in [0.25, 0.3) is 0 Å². The van der Waals surface area contributed by atoms with E-state index in [1.165, 1.54) is 24.3 Å². The van der Waals surface area contributed by atoms with Gasteiger partial charge in [-0.05, 0) is 24.0 Å². The van der Waals surface area contributed by atoms with Crippen molar-refractivity contribution >= 4 is 11.8 Å². The third-order valence-corrected chi connectivity index (χ3v) is 5.14. The van der Waals surface area contributed by atoms with E-state index >= 15 is 0 Å². The van der Waals surface area contributed by atoms with Crippen LogP contribution in [0.3, 0.4) is 0 Å². The zero-order valence-electron chi connectivity index (χ0n) is 7.39. The van der Waals surface area contributed by atoms with Gasteiger partial charge < -0.3 is 5.73 Å². The smallest absolute Gasteiger partial charge is 0.0167 e. The summed E-state index contributed by atoms with van der Waals surface area (Å²) >= 11 is 2.09. The van der Waals surface area contributed by atoms with Crippen LogP contribution >= 0.6 is 11.8 Å². The topological polar surface area (TPSA) is 26.0 Å². The van der Waals surface area contributed by atoms with Crippen molar-refractivity contribution in [2.45, 2.75) is 32.7 Å². The molecular weight excluding hydrogens is 154 g/mol. The highest BCUT2D eigenvalue weighted by atomic mass is 32.2. The lowest BCUT2D eigenvalue weighted by atomic mass is 9.93. The van der Waals surface area contributed by atoms with Crippen molar-refractivity contribution in [3.05, 3.63) is 0 Å². The lowest BCUT2D eigenvalue weighted by molar-refractivity contribution is 0.386. The SMILES string of the molecule is CC1(C)C(N)C12CCCSC2. The molecule has 0 amide bonds. The summed E-state index contributed by atoms with van der Waals surface area (Å²) in [5.74, 6) is 2.66. The van der Waals surface area contributed by atoms with E-state index in [-0.39, 0.29) is 0 Å². The minimum atomic E-state index is 0.431. The van der Waals surface area contributed by atoms with Crippen molar-refractivity contribution in [1.82, 2.24) is 0 Å². The third-order valence-electron chi connectivity index (χ3n) is 3.84. The summed E-state index contributed by atoms with van der Waals surface area (Å²) in [6, 6.07) is 0.475. The van der Waals surface area contributed by atoms with E-state index in [1.807, 2.05) is 0 Å². The van der Waals surface area contributed by atoms with Gasteiger partial charge in [0.15, 0.2) is 0 Å². The average molecular weight is 171 g/mol. The Morgan fingerprint density at radius 3 is 2.36 bits per heavy atom. The molecule has 0 aromatic rings. The molecule has 1 saturated carbocycles. The van der Waals surface area contributed by atoms with Crippen LogP contribution < -0.4 is 5.73 Å². The molecule has 1 nitrogen and oxygen atoms in total. The van der Waals surface area contributed by atoms with E-state index < -0.39 is 0 Å². The normalized spacial score (nSPS) is 47.7. The quantitative estimate of drug-likeness (QED) is 0.602. The molecule has 1 spiro atoms. The van der Waals surface area contributed by atoms with E-state index in [0.717, 1.165) is 0 Å². The molecule has 1 saturated heterocycles. The van der Waals surface area contributed by atoms with Gasteiger partial charge in [-0.1, -0.05) is 13.8 Å². The Hall–Kier alpha value is 0.310. The van der Waals surface area contributed by atoms with E-state index in [1.54, 1.807) is 0 Å². The van der Waals surface area contributed by atoms with Crippen molar-refractivity contribution in [3.63, 3.8) is 0 Å². The van der Waals surface area contributed by atoms with Crippen LogP contribution in [0.15, 0.2) is 0 Å². The predicted octanol–water partition coefficient (Wildman–Crippen LogP) is 1.87. The third kappa shape index (κ3) is 0.829. The second kappa shape index (κ2) is 2.17. The van der Waals surface area contributed by atoms with E-state index in [0.29, 0.717) is 16.9 Å². The first-order valence-corrected chi connectivity index (χ1v) is 5.60. The highest BCUT2D eigenvalue weighted by Gasteiger charge is 2.68. The first kappa shape index (κ1) is 7.93. The first-order valence-electron chi connectivity index (χ1n) is 4.45. The van der Waals surface area contributed by atoms with Gasteiger partial charge in [-0.3, -0.25) is 0 Å². The van der Waals surface area contributed by atoms with Crippen LogP contribution in [0.2, 0.25) is 0 Å². The summed E-state index contributed by atoms with van der Waals surface area (Å²) in [5.41, 5.74) is 7.05. The molecule has 2 aliphatic rings. The number of nitrogens with two attached hydrogens (primary N) is 1. The van der Waals surface area contributed by atoms with Crippen molar-refractivity contribution in [2.75, 3.05) is 11.5 Å². The maximum absolute atomic E-state index is 6.10. The highest BCUT2D eigenvalue weighted by Crippen LogP contribution is 2.67. The van der Waals surface area contributed by atoms with Gasteiger partial charge >= 0.3 is 0 Å². The molecule has 2 atom stereocenters. The summed E-state index contributed by atoms with van der Waals surface area (Å²) < 4.78 is 0. The molecule has 1 heterocycles. The van der Waals surface area contributed by atoms with E-state index in [4.69, 9.17) is 5.73 Å². The standard InChI is InChI=1S/C9H17NS/c1-8(2)7(10)9(8)4-3-5-11-6-9/h7H,3-6,10H2,1-2H3. The summed E-state index contributed by atoms with van der Waals surface area (Å²) in [4.78, 5) is 0. The second-order valence-corrected chi connectivity index (χ2v) is 5.62. The maximum Gasteiger partial charge on any atom is 0.0167 e. The number of rotatable bonds is 0. The Morgan fingerprint density at radius 1 is 1.45 bits per heavy atom.